The lowest BCUT2D eigenvalue weighted by molar-refractivity contribution is 0.0696. The average Bonchev–Trinajstić information content (AvgIpc) is 2.30. The number of rotatable bonds is 2. The van der Waals surface area contributed by atoms with E-state index < -0.39 is 5.97 Å². The Morgan fingerprint density at radius 2 is 2.33 bits per heavy atom. The molecule has 1 aliphatic heterocycles. The molecule has 1 heterocycles. The molecule has 15 heavy (non-hydrogen) atoms. The molecule has 2 rings (SSSR count). The first-order valence-electron chi connectivity index (χ1n) is 5.31. The average molecular weight is 205 g/mol. The van der Waals surface area contributed by atoms with Crippen molar-refractivity contribution in [1.29, 1.82) is 0 Å². The van der Waals surface area contributed by atoms with Crippen LogP contribution in [0.4, 0.5) is 0 Å². The molecule has 3 heteroatoms. The Kier molecular flexibility index (Phi) is 3.02. The summed E-state index contributed by atoms with van der Waals surface area (Å²) in [5, 5.41) is 12.2. The van der Waals surface area contributed by atoms with Crippen LogP contribution in [0.1, 0.15) is 34.7 Å². The maximum Gasteiger partial charge on any atom is 0.335 e. The van der Waals surface area contributed by atoms with Crippen molar-refractivity contribution in [2.45, 2.75) is 18.8 Å². The Bertz CT molecular complexity index is 356. The van der Waals surface area contributed by atoms with Gasteiger partial charge >= 0.3 is 5.97 Å². The van der Waals surface area contributed by atoms with Crippen molar-refractivity contribution in [3.8, 4) is 0 Å². The summed E-state index contributed by atoms with van der Waals surface area (Å²) in [6.07, 6.45) is 2.32. The standard InChI is InChI=1S/C12H15NO2/c14-12(15)10-4-1-3-9(7-10)11-5-2-6-13-8-11/h1,3-4,7,11,13H,2,5-6,8H2,(H,14,15)/t11-/m0/s1. The van der Waals surface area contributed by atoms with Crippen molar-refractivity contribution >= 4 is 5.97 Å². The van der Waals surface area contributed by atoms with Crippen molar-refractivity contribution in [2.24, 2.45) is 0 Å². The van der Waals surface area contributed by atoms with E-state index in [4.69, 9.17) is 5.11 Å². The van der Waals surface area contributed by atoms with Crippen LogP contribution in [0.3, 0.4) is 0 Å². The summed E-state index contributed by atoms with van der Waals surface area (Å²) in [5.74, 6) is -0.376. The van der Waals surface area contributed by atoms with Gasteiger partial charge in [-0.2, -0.15) is 0 Å². The Hall–Kier alpha value is -1.35. The molecular formula is C12H15NO2. The third kappa shape index (κ3) is 2.36. The molecule has 0 amide bonds. The highest BCUT2D eigenvalue weighted by Gasteiger charge is 2.15. The van der Waals surface area contributed by atoms with Gasteiger partial charge in [0.05, 0.1) is 5.56 Å². The smallest absolute Gasteiger partial charge is 0.335 e. The second-order valence-corrected chi connectivity index (χ2v) is 3.97. The normalized spacial score (nSPS) is 21.2. The molecule has 1 aromatic rings. The number of hydrogen-bond donors (Lipinski definition) is 2. The molecule has 0 unspecified atom stereocenters. The van der Waals surface area contributed by atoms with Gasteiger partial charge in [0.15, 0.2) is 0 Å². The number of carboxylic acid groups (broad SMARTS) is 1. The van der Waals surface area contributed by atoms with Gasteiger partial charge in [0.1, 0.15) is 0 Å². The molecule has 1 aliphatic rings. The fourth-order valence-corrected chi connectivity index (χ4v) is 2.06. The highest BCUT2D eigenvalue weighted by atomic mass is 16.4. The maximum absolute atomic E-state index is 10.8. The van der Waals surface area contributed by atoms with E-state index in [-0.39, 0.29) is 0 Å². The van der Waals surface area contributed by atoms with Gasteiger partial charge in [-0.15, -0.1) is 0 Å². The summed E-state index contributed by atoms with van der Waals surface area (Å²) in [5.41, 5.74) is 1.53. The zero-order chi connectivity index (χ0) is 10.7. The fourth-order valence-electron chi connectivity index (χ4n) is 2.06. The van der Waals surface area contributed by atoms with Crippen LogP contribution in [0.15, 0.2) is 24.3 Å². The SMILES string of the molecule is O=C(O)c1cccc([C@H]2CCCNC2)c1. The first-order chi connectivity index (χ1) is 7.27. The number of benzene rings is 1. The molecule has 0 aliphatic carbocycles. The summed E-state index contributed by atoms with van der Waals surface area (Å²) in [6, 6.07) is 7.28. The molecule has 1 aromatic carbocycles. The summed E-state index contributed by atoms with van der Waals surface area (Å²) in [6.45, 7) is 2.04. The van der Waals surface area contributed by atoms with E-state index >= 15 is 0 Å². The number of hydrogen-bond acceptors (Lipinski definition) is 2. The third-order valence-electron chi connectivity index (χ3n) is 2.90. The number of aromatic carboxylic acids is 1. The van der Waals surface area contributed by atoms with Crippen molar-refractivity contribution in [3.63, 3.8) is 0 Å². The van der Waals surface area contributed by atoms with Crippen LogP contribution in [0.25, 0.3) is 0 Å². The minimum Gasteiger partial charge on any atom is -0.478 e. The Morgan fingerprint density at radius 1 is 1.47 bits per heavy atom. The number of carboxylic acids is 1. The van der Waals surface area contributed by atoms with Crippen molar-refractivity contribution in [2.75, 3.05) is 13.1 Å². The zero-order valence-corrected chi connectivity index (χ0v) is 8.57. The maximum atomic E-state index is 10.8. The molecule has 0 radical (unpaired) electrons. The molecule has 0 aromatic heterocycles. The number of piperidine rings is 1. The van der Waals surface area contributed by atoms with Gasteiger partial charge in [0.2, 0.25) is 0 Å². The van der Waals surface area contributed by atoms with Crippen LogP contribution >= 0.6 is 0 Å². The Labute approximate surface area is 89.1 Å². The lowest BCUT2D eigenvalue weighted by Crippen LogP contribution is -2.28. The molecule has 1 saturated heterocycles. The predicted molar refractivity (Wildman–Crippen MR) is 58.2 cm³/mol. The molecule has 80 valence electrons. The van der Waals surface area contributed by atoms with Crippen molar-refractivity contribution < 1.29 is 9.90 Å². The first-order valence-corrected chi connectivity index (χ1v) is 5.31. The minimum absolute atomic E-state index is 0.387. The lowest BCUT2D eigenvalue weighted by Gasteiger charge is -2.23. The van der Waals surface area contributed by atoms with Crippen LogP contribution in [0.5, 0.6) is 0 Å². The largest absolute Gasteiger partial charge is 0.478 e. The quantitative estimate of drug-likeness (QED) is 0.774. The monoisotopic (exact) mass is 205 g/mol. The van der Waals surface area contributed by atoms with E-state index in [2.05, 4.69) is 5.32 Å². The van der Waals surface area contributed by atoms with Gasteiger partial charge < -0.3 is 10.4 Å². The van der Waals surface area contributed by atoms with Crippen LogP contribution in [-0.4, -0.2) is 24.2 Å². The van der Waals surface area contributed by atoms with Gasteiger partial charge in [-0.1, -0.05) is 12.1 Å². The predicted octanol–water partition coefficient (Wildman–Crippen LogP) is 1.85. The van der Waals surface area contributed by atoms with Crippen LogP contribution < -0.4 is 5.32 Å². The molecule has 0 saturated carbocycles. The van der Waals surface area contributed by atoms with Crippen molar-refractivity contribution in [1.82, 2.24) is 5.32 Å². The van der Waals surface area contributed by atoms with Crippen LogP contribution in [0.2, 0.25) is 0 Å². The number of nitrogens with one attached hydrogen (secondary N) is 1. The summed E-state index contributed by atoms with van der Waals surface area (Å²) >= 11 is 0. The molecule has 1 fully saturated rings. The van der Waals surface area contributed by atoms with E-state index in [1.165, 1.54) is 6.42 Å². The summed E-state index contributed by atoms with van der Waals surface area (Å²) < 4.78 is 0. The van der Waals surface area contributed by atoms with Gasteiger partial charge in [-0.05, 0) is 43.0 Å². The molecule has 0 spiro atoms. The Morgan fingerprint density at radius 3 is 3.00 bits per heavy atom. The molecule has 3 nitrogen and oxygen atoms in total. The van der Waals surface area contributed by atoms with E-state index in [9.17, 15) is 4.79 Å². The van der Waals surface area contributed by atoms with Crippen molar-refractivity contribution in [3.05, 3.63) is 35.4 Å². The van der Waals surface area contributed by atoms with E-state index in [0.29, 0.717) is 11.5 Å². The third-order valence-corrected chi connectivity index (χ3v) is 2.90. The minimum atomic E-state index is -0.847. The highest BCUT2D eigenvalue weighted by Crippen LogP contribution is 2.23. The Balaban J connectivity index is 2.19. The molecule has 0 bridgehead atoms. The second-order valence-electron chi connectivity index (χ2n) is 3.97. The van der Waals surface area contributed by atoms with Crippen LogP contribution in [-0.2, 0) is 0 Å². The van der Waals surface area contributed by atoms with Gasteiger partial charge in [0.25, 0.3) is 0 Å². The fraction of sp³-hybridized carbons (Fsp3) is 0.417. The van der Waals surface area contributed by atoms with Gasteiger partial charge in [-0.3, -0.25) is 0 Å². The van der Waals surface area contributed by atoms with Gasteiger partial charge in [0, 0.05) is 6.54 Å². The lowest BCUT2D eigenvalue weighted by atomic mass is 9.91. The highest BCUT2D eigenvalue weighted by molar-refractivity contribution is 5.87. The van der Waals surface area contributed by atoms with E-state index in [0.717, 1.165) is 25.1 Å². The van der Waals surface area contributed by atoms with Crippen LogP contribution in [0, 0.1) is 0 Å². The summed E-state index contributed by atoms with van der Waals surface area (Å²) in [4.78, 5) is 10.8. The van der Waals surface area contributed by atoms with Gasteiger partial charge in [-0.25, -0.2) is 4.79 Å². The second kappa shape index (κ2) is 4.45. The topological polar surface area (TPSA) is 49.3 Å². The molecule has 2 N–H and O–H groups in total. The molecule has 1 atom stereocenters. The molecular weight excluding hydrogens is 190 g/mol. The first kappa shape index (κ1) is 10.2. The zero-order valence-electron chi connectivity index (χ0n) is 8.57. The van der Waals surface area contributed by atoms with E-state index in [1.807, 2.05) is 12.1 Å². The number of carbonyl (C=O) groups is 1. The summed E-state index contributed by atoms with van der Waals surface area (Å²) in [7, 11) is 0. The van der Waals surface area contributed by atoms with E-state index in [1.54, 1.807) is 12.1 Å².